The van der Waals surface area contributed by atoms with Gasteiger partial charge in [0.1, 0.15) is 23.9 Å². The zero-order valence-electron chi connectivity index (χ0n) is 15.0. The summed E-state index contributed by atoms with van der Waals surface area (Å²) in [5, 5.41) is 8.34. The Balaban J connectivity index is 1.81. The fraction of sp³-hybridized carbons (Fsp3) is 0.250. The highest BCUT2D eigenvalue weighted by Gasteiger charge is 2.71. The van der Waals surface area contributed by atoms with Crippen LogP contribution in [0, 0.1) is 13.8 Å². The van der Waals surface area contributed by atoms with Crippen molar-refractivity contribution in [1.29, 1.82) is 0 Å². The van der Waals surface area contributed by atoms with E-state index >= 15 is 0 Å². The molecule has 4 aromatic heterocycles. The molecule has 0 radical (unpaired) electrons. The molecule has 0 amide bonds. The monoisotopic (exact) mass is 400 g/mol. The number of hydrogen-bond donors (Lipinski definition) is 0. The van der Waals surface area contributed by atoms with Gasteiger partial charge in [0.25, 0.3) is 17.2 Å². The molecule has 1 atom stereocenters. The normalized spacial score (nSPS) is 18.7. The highest BCUT2D eigenvalue weighted by Crippen LogP contribution is 2.37. The predicted octanol–water partition coefficient (Wildman–Crippen LogP) is 0.0437. The molecule has 0 saturated heterocycles. The van der Waals surface area contributed by atoms with E-state index in [0.717, 1.165) is 0 Å². The topological polar surface area (TPSA) is 95.0 Å². The quantitative estimate of drug-likeness (QED) is 0.334. The molecule has 6 rings (SSSR count). The van der Waals surface area contributed by atoms with Crippen LogP contribution in [-0.2, 0) is 12.1 Å². The number of aryl methyl sites for hydroxylation is 2. The Bertz CT molecular complexity index is 1340. The number of alkyl halides is 3. The van der Waals surface area contributed by atoms with Crippen LogP contribution in [0.1, 0.15) is 17.3 Å². The molecule has 1 spiro atoms. The van der Waals surface area contributed by atoms with Gasteiger partial charge in [0.15, 0.2) is 6.20 Å². The third-order valence-corrected chi connectivity index (χ3v) is 4.97. The van der Waals surface area contributed by atoms with Crippen molar-refractivity contribution in [2.24, 2.45) is 0 Å². The summed E-state index contributed by atoms with van der Waals surface area (Å²) >= 11 is 0. The van der Waals surface area contributed by atoms with Gasteiger partial charge in [-0.25, -0.2) is 9.97 Å². The van der Waals surface area contributed by atoms with Gasteiger partial charge in [-0.2, -0.15) is 18.2 Å². The first-order valence-electron chi connectivity index (χ1n) is 8.56. The van der Waals surface area contributed by atoms with Crippen molar-refractivity contribution >= 4 is 0 Å². The Morgan fingerprint density at radius 2 is 1.69 bits per heavy atom. The van der Waals surface area contributed by atoms with Crippen LogP contribution in [0.2, 0.25) is 0 Å². The summed E-state index contributed by atoms with van der Waals surface area (Å²) in [5.41, 5.74) is 1.62. The first kappa shape index (κ1) is 16.2. The standard InChI is InChI=1S/C16H11F3N10/c1-8-7-27-11(6-21-8)12-22-9(2)24-28(12)16(27)26-4-3-20-5-10(26)13-23-14(15(17,18)19)25-29(13)16/h3-7H,1-2H3/q+2. The molecule has 10 nitrogen and oxygen atoms in total. The molecular weight excluding hydrogens is 389 g/mol. The van der Waals surface area contributed by atoms with Crippen LogP contribution in [0.4, 0.5) is 13.2 Å². The van der Waals surface area contributed by atoms with Crippen molar-refractivity contribution in [3.8, 4) is 23.0 Å². The summed E-state index contributed by atoms with van der Waals surface area (Å²) in [6.45, 7) is 3.50. The van der Waals surface area contributed by atoms with Crippen molar-refractivity contribution in [2.45, 2.75) is 25.9 Å². The lowest BCUT2D eigenvalue weighted by Gasteiger charge is -2.15. The third-order valence-electron chi connectivity index (χ3n) is 4.97. The van der Waals surface area contributed by atoms with Gasteiger partial charge in [-0.1, -0.05) is 18.5 Å². The maximum Gasteiger partial charge on any atom is 0.586 e. The second kappa shape index (κ2) is 4.79. The van der Waals surface area contributed by atoms with E-state index in [9.17, 15) is 13.2 Å². The van der Waals surface area contributed by atoms with E-state index in [0.29, 0.717) is 28.7 Å². The maximum atomic E-state index is 13.4. The van der Waals surface area contributed by atoms with Gasteiger partial charge in [-0.05, 0) is 13.8 Å². The van der Waals surface area contributed by atoms with Crippen molar-refractivity contribution in [2.75, 3.05) is 0 Å². The van der Waals surface area contributed by atoms with Crippen molar-refractivity contribution in [3.63, 3.8) is 0 Å². The minimum absolute atomic E-state index is 0.0272. The van der Waals surface area contributed by atoms with Crippen molar-refractivity contribution in [3.05, 3.63) is 48.3 Å². The Hall–Kier alpha value is -3.77. The molecule has 0 bridgehead atoms. The van der Waals surface area contributed by atoms with Crippen LogP contribution in [0.3, 0.4) is 0 Å². The maximum absolute atomic E-state index is 13.4. The van der Waals surface area contributed by atoms with Gasteiger partial charge >= 0.3 is 12.1 Å². The number of nitrogens with zero attached hydrogens (tertiary/aromatic N) is 10. The minimum atomic E-state index is -4.70. The lowest BCUT2D eigenvalue weighted by molar-refractivity contribution is -0.991. The molecular formula is C16H11F3N10+2. The van der Waals surface area contributed by atoms with Gasteiger partial charge in [-0.3, -0.25) is 4.98 Å². The summed E-state index contributed by atoms with van der Waals surface area (Å²) in [4.78, 5) is 16.6. The fourth-order valence-electron chi connectivity index (χ4n) is 3.93. The Kier molecular flexibility index (Phi) is 2.68. The van der Waals surface area contributed by atoms with E-state index in [1.807, 2.05) is 0 Å². The zero-order valence-corrected chi connectivity index (χ0v) is 15.0. The first-order valence-corrected chi connectivity index (χ1v) is 8.56. The molecule has 6 heterocycles. The number of hydrogen-bond acceptors (Lipinski definition) is 6. The average Bonchev–Trinajstić information content (AvgIpc) is 3.37. The summed E-state index contributed by atoms with van der Waals surface area (Å²) in [6, 6.07) is 0. The number of aromatic nitrogens is 10. The minimum Gasteiger partial charge on any atom is -0.251 e. The van der Waals surface area contributed by atoms with Gasteiger partial charge in [0, 0.05) is 0 Å². The largest absolute Gasteiger partial charge is 0.586 e. The zero-order chi connectivity index (χ0) is 20.1. The third kappa shape index (κ3) is 1.77. The van der Waals surface area contributed by atoms with Crippen LogP contribution < -0.4 is 9.13 Å². The molecule has 0 saturated carbocycles. The van der Waals surface area contributed by atoms with E-state index in [-0.39, 0.29) is 5.82 Å². The molecule has 29 heavy (non-hydrogen) atoms. The van der Waals surface area contributed by atoms with E-state index in [4.69, 9.17) is 0 Å². The fourth-order valence-corrected chi connectivity index (χ4v) is 3.93. The van der Waals surface area contributed by atoms with E-state index in [1.54, 1.807) is 47.8 Å². The lowest BCUT2D eigenvalue weighted by Crippen LogP contribution is -2.77. The van der Waals surface area contributed by atoms with Crippen LogP contribution >= 0.6 is 0 Å². The molecule has 13 heteroatoms. The smallest absolute Gasteiger partial charge is 0.251 e. The molecule has 144 valence electrons. The first-order chi connectivity index (χ1) is 13.8. The van der Waals surface area contributed by atoms with Crippen molar-refractivity contribution in [1.82, 2.24) is 39.5 Å². The van der Waals surface area contributed by atoms with Crippen LogP contribution in [0.15, 0.2) is 31.0 Å². The predicted molar refractivity (Wildman–Crippen MR) is 85.5 cm³/mol. The molecule has 0 fully saturated rings. The molecule has 1 unspecified atom stereocenters. The molecule has 2 aliphatic rings. The molecule has 0 aromatic carbocycles. The van der Waals surface area contributed by atoms with Gasteiger partial charge in [0.2, 0.25) is 17.8 Å². The van der Waals surface area contributed by atoms with E-state index in [2.05, 4.69) is 30.1 Å². The number of halogens is 3. The summed E-state index contributed by atoms with van der Waals surface area (Å²) in [5.74, 6) is -1.72. The van der Waals surface area contributed by atoms with Gasteiger partial charge in [0.05, 0.1) is 6.20 Å². The summed E-state index contributed by atoms with van der Waals surface area (Å²) in [7, 11) is 0. The highest BCUT2D eigenvalue weighted by molar-refractivity contribution is 5.50. The van der Waals surface area contributed by atoms with Crippen LogP contribution in [0.5, 0.6) is 0 Å². The van der Waals surface area contributed by atoms with Gasteiger partial charge < -0.3 is 0 Å². The number of rotatable bonds is 0. The van der Waals surface area contributed by atoms with Crippen molar-refractivity contribution < 1.29 is 22.3 Å². The second-order valence-electron chi connectivity index (χ2n) is 6.78. The molecule has 0 N–H and O–H groups in total. The van der Waals surface area contributed by atoms with E-state index in [1.165, 1.54) is 15.6 Å². The Labute approximate surface area is 159 Å². The number of fused-ring (bicyclic) bond motifs is 10. The lowest BCUT2D eigenvalue weighted by atomic mass is 10.4. The molecule has 0 aliphatic carbocycles. The van der Waals surface area contributed by atoms with Crippen LogP contribution in [-0.4, -0.2) is 39.5 Å². The Morgan fingerprint density at radius 1 is 0.966 bits per heavy atom. The molecule has 4 aromatic rings. The van der Waals surface area contributed by atoms with Gasteiger partial charge in [-0.15, -0.1) is 10.2 Å². The average molecular weight is 400 g/mol. The second-order valence-corrected chi connectivity index (χ2v) is 6.78. The summed E-state index contributed by atoms with van der Waals surface area (Å²) < 4.78 is 46.5. The van der Waals surface area contributed by atoms with Crippen LogP contribution in [0.25, 0.3) is 23.0 Å². The molecule has 2 aliphatic heterocycles. The Morgan fingerprint density at radius 3 is 2.48 bits per heavy atom. The summed E-state index contributed by atoms with van der Waals surface area (Å²) in [6.07, 6.45) is 3.28. The van der Waals surface area contributed by atoms with E-state index < -0.39 is 17.9 Å². The highest BCUT2D eigenvalue weighted by atomic mass is 19.4. The SMILES string of the molecule is Cc1c[n+]2c(cn1)-c1nc(C)nn1C21n2nc(C(F)(F)F)nc2-c2cncc[n+]21.